The van der Waals surface area contributed by atoms with Gasteiger partial charge in [0.25, 0.3) is 0 Å². The molecule has 0 spiro atoms. The average molecular weight is 252 g/mol. The molecule has 0 fully saturated rings. The van der Waals surface area contributed by atoms with E-state index in [1.807, 2.05) is 0 Å². The van der Waals surface area contributed by atoms with Gasteiger partial charge < -0.3 is 4.98 Å². The van der Waals surface area contributed by atoms with E-state index in [4.69, 9.17) is 0 Å². The number of nitrogens with one attached hydrogen (secondary N) is 1. The average Bonchev–Trinajstić information content (AvgIpc) is 2.44. The van der Waals surface area contributed by atoms with Crippen LogP contribution >= 0.6 is 22.6 Å². The van der Waals surface area contributed by atoms with Crippen LogP contribution in [0.3, 0.4) is 0 Å². The van der Waals surface area contributed by atoms with Crippen LogP contribution in [0.25, 0.3) is 0 Å². The van der Waals surface area contributed by atoms with Crippen LogP contribution in [0.2, 0.25) is 0 Å². The molecule has 1 aromatic rings. The van der Waals surface area contributed by atoms with Crippen LogP contribution in [0.5, 0.6) is 0 Å². The minimum Gasteiger partial charge on any atom is -0.351 e. The van der Waals surface area contributed by atoms with E-state index in [0.717, 1.165) is 0 Å². The Morgan fingerprint density at radius 1 is 1.60 bits per heavy atom. The summed E-state index contributed by atoms with van der Waals surface area (Å²) < 4.78 is 1.31. The molecule has 1 heterocycles. The number of imidazole rings is 1. The zero-order valence-corrected chi connectivity index (χ0v) is 8.34. The predicted octanol–water partition coefficient (Wildman–Crippen LogP) is 2.63. The summed E-state index contributed by atoms with van der Waals surface area (Å²) in [5.41, 5.74) is 0. The molecule has 1 aromatic heterocycles. The molecule has 0 aromatic carbocycles. The molecule has 2 nitrogen and oxygen atoms in total. The minimum absolute atomic E-state index is 1.31. The Kier molecular flexibility index (Phi) is 8.89. The lowest BCUT2D eigenvalue weighted by atomic mass is 10.4. The third-order valence-electron chi connectivity index (χ3n) is 0.893. The lowest BCUT2D eigenvalue weighted by molar-refractivity contribution is 0.907. The van der Waals surface area contributed by atoms with Gasteiger partial charge in [0.1, 0.15) is 0 Å². The normalized spacial score (nSPS) is 8.20. The van der Waals surface area contributed by atoms with Gasteiger partial charge in [-0.1, -0.05) is 35.9 Å². The van der Waals surface area contributed by atoms with Gasteiger partial charge in [0.15, 0.2) is 0 Å². The fraction of sp³-hybridized carbons (Fsp3) is 0.571. The number of hydrogen-bond acceptors (Lipinski definition) is 1. The largest absolute Gasteiger partial charge is 0.351 e. The van der Waals surface area contributed by atoms with E-state index < -0.39 is 0 Å². The first kappa shape index (κ1) is 9.94. The summed E-state index contributed by atoms with van der Waals surface area (Å²) in [5.74, 6) is 0. The Morgan fingerprint density at radius 3 is 2.50 bits per heavy atom. The van der Waals surface area contributed by atoms with Gasteiger partial charge in [-0.05, 0) is 10.8 Å². The van der Waals surface area contributed by atoms with Gasteiger partial charge in [0.2, 0.25) is 0 Å². The minimum atomic E-state index is 1.31. The number of rotatable bonds is 2. The second-order valence-corrected chi connectivity index (χ2v) is 2.88. The van der Waals surface area contributed by atoms with Gasteiger partial charge in [0.05, 0.1) is 6.33 Å². The molecule has 0 amide bonds. The molecule has 58 valence electrons. The first-order chi connectivity index (χ1) is 4.91. The van der Waals surface area contributed by atoms with E-state index in [2.05, 4.69) is 39.5 Å². The summed E-state index contributed by atoms with van der Waals surface area (Å²) in [6.45, 7) is 2.21. The fourth-order valence-corrected chi connectivity index (χ4v) is 1.11. The zero-order valence-electron chi connectivity index (χ0n) is 6.18. The highest BCUT2D eigenvalue weighted by Crippen LogP contribution is 1.90. The van der Waals surface area contributed by atoms with Crippen molar-refractivity contribution >= 4 is 22.6 Å². The lowest BCUT2D eigenvalue weighted by Crippen LogP contribution is -1.64. The van der Waals surface area contributed by atoms with E-state index in [1.54, 1.807) is 18.7 Å². The van der Waals surface area contributed by atoms with Gasteiger partial charge >= 0.3 is 0 Å². The number of alkyl halides is 1. The highest BCUT2D eigenvalue weighted by Gasteiger charge is 1.69. The maximum Gasteiger partial charge on any atom is 0.0919 e. The second-order valence-electron chi connectivity index (χ2n) is 1.80. The van der Waals surface area contributed by atoms with Crippen LogP contribution in [0.1, 0.15) is 19.8 Å². The Balaban J connectivity index is 0.000000162. The molecule has 0 saturated heterocycles. The number of aromatic amines is 1. The second kappa shape index (κ2) is 8.94. The van der Waals surface area contributed by atoms with Crippen molar-refractivity contribution in [2.45, 2.75) is 19.8 Å². The molecular formula is C7H13IN2. The Labute approximate surface area is 75.6 Å². The Hall–Kier alpha value is -0.0600. The molecule has 0 atom stereocenters. The smallest absolute Gasteiger partial charge is 0.0919 e. The fourth-order valence-electron chi connectivity index (χ4n) is 0.349. The summed E-state index contributed by atoms with van der Waals surface area (Å²) >= 11 is 2.39. The van der Waals surface area contributed by atoms with Crippen molar-refractivity contribution in [1.29, 1.82) is 0 Å². The zero-order chi connectivity index (χ0) is 7.66. The highest BCUT2D eigenvalue weighted by molar-refractivity contribution is 14.1. The molecule has 0 aliphatic rings. The van der Waals surface area contributed by atoms with E-state index in [9.17, 15) is 0 Å². The molecule has 0 saturated carbocycles. The van der Waals surface area contributed by atoms with Crippen LogP contribution in [0.15, 0.2) is 18.7 Å². The van der Waals surface area contributed by atoms with Gasteiger partial charge in [-0.15, -0.1) is 0 Å². The van der Waals surface area contributed by atoms with Gasteiger partial charge in [-0.3, -0.25) is 0 Å². The molecule has 0 aliphatic heterocycles. The number of halogens is 1. The number of nitrogens with zero attached hydrogens (tertiary/aromatic N) is 1. The van der Waals surface area contributed by atoms with Crippen molar-refractivity contribution in [1.82, 2.24) is 9.97 Å². The number of aromatic nitrogens is 2. The Morgan fingerprint density at radius 2 is 2.40 bits per heavy atom. The molecule has 3 heteroatoms. The Bertz CT molecular complexity index is 97.9. The van der Waals surface area contributed by atoms with Crippen molar-refractivity contribution in [2.75, 3.05) is 4.43 Å². The molecule has 1 rings (SSSR count). The molecule has 0 radical (unpaired) electrons. The van der Waals surface area contributed by atoms with Gasteiger partial charge in [-0.2, -0.15) is 0 Å². The van der Waals surface area contributed by atoms with E-state index >= 15 is 0 Å². The SMILES string of the molecule is CCCCI.c1c[nH]cn1. The van der Waals surface area contributed by atoms with Crippen LogP contribution in [0.4, 0.5) is 0 Å². The lowest BCUT2D eigenvalue weighted by Gasteiger charge is -1.77. The molecule has 0 aliphatic carbocycles. The monoisotopic (exact) mass is 252 g/mol. The summed E-state index contributed by atoms with van der Waals surface area (Å²) in [4.78, 5) is 6.42. The van der Waals surface area contributed by atoms with Gasteiger partial charge in [-0.25, -0.2) is 4.98 Å². The van der Waals surface area contributed by atoms with Crippen LogP contribution < -0.4 is 0 Å². The van der Waals surface area contributed by atoms with Crippen molar-refractivity contribution < 1.29 is 0 Å². The molecular weight excluding hydrogens is 239 g/mol. The summed E-state index contributed by atoms with van der Waals surface area (Å²) in [5, 5.41) is 0. The third-order valence-corrected chi connectivity index (χ3v) is 1.66. The number of H-pyrrole nitrogens is 1. The van der Waals surface area contributed by atoms with E-state index in [-0.39, 0.29) is 0 Å². The molecule has 0 unspecified atom stereocenters. The molecule has 1 N–H and O–H groups in total. The first-order valence-electron chi connectivity index (χ1n) is 3.40. The molecule has 10 heavy (non-hydrogen) atoms. The van der Waals surface area contributed by atoms with E-state index in [1.165, 1.54) is 17.3 Å². The maximum atomic E-state index is 3.67. The summed E-state index contributed by atoms with van der Waals surface area (Å²) in [7, 11) is 0. The van der Waals surface area contributed by atoms with Crippen molar-refractivity contribution in [2.24, 2.45) is 0 Å². The number of hydrogen-bond donors (Lipinski definition) is 1. The predicted molar refractivity (Wildman–Crippen MR) is 52.4 cm³/mol. The van der Waals surface area contributed by atoms with Gasteiger partial charge in [0, 0.05) is 12.4 Å². The van der Waals surface area contributed by atoms with Crippen molar-refractivity contribution in [3.63, 3.8) is 0 Å². The van der Waals surface area contributed by atoms with Crippen molar-refractivity contribution in [3.8, 4) is 0 Å². The first-order valence-corrected chi connectivity index (χ1v) is 4.93. The van der Waals surface area contributed by atoms with E-state index in [0.29, 0.717) is 0 Å². The summed E-state index contributed by atoms with van der Waals surface area (Å²) in [6, 6.07) is 0. The highest BCUT2D eigenvalue weighted by atomic mass is 127. The van der Waals surface area contributed by atoms with Crippen LogP contribution in [-0.2, 0) is 0 Å². The maximum absolute atomic E-state index is 3.67. The standard InChI is InChI=1S/C4H9I.C3H4N2/c1-2-3-4-5;1-2-5-3-4-1/h2-4H2,1H3;1-3H,(H,4,5). The number of unbranched alkanes of at least 4 members (excludes halogenated alkanes) is 1. The summed E-state index contributed by atoms with van der Waals surface area (Å²) in [6.07, 6.45) is 7.80. The topological polar surface area (TPSA) is 28.7 Å². The van der Waals surface area contributed by atoms with Crippen LogP contribution in [0, 0.1) is 0 Å². The van der Waals surface area contributed by atoms with Crippen molar-refractivity contribution in [3.05, 3.63) is 18.7 Å². The molecule has 0 bridgehead atoms. The quantitative estimate of drug-likeness (QED) is 0.636. The third kappa shape index (κ3) is 7.94. The van der Waals surface area contributed by atoms with Crippen LogP contribution in [-0.4, -0.2) is 14.4 Å².